The van der Waals surface area contributed by atoms with Gasteiger partial charge in [0.25, 0.3) is 0 Å². The van der Waals surface area contributed by atoms with Gasteiger partial charge in [0.2, 0.25) is 0 Å². The fourth-order valence-corrected chi connectivity index (χ4v) is 4.73. The topological polar surface area (TPSA) is 80.3 Å². The van der Waals surface area contributed by atoms with E-state index in [9.17, 15) is 9.90 Å². The molecule has 0 unspecified atom stereocenters. The number of hydrogen-bond acceptors (Lipinski definition) is 5. The highest BCUT2D eigenvalue weighted by atomic mass is 16.5. The maximum absolute atomic E-state index is 13.2. The lowest BCUT2D eigenvalue weighted by atomic mass is 9.66. The van der Waals surface area contributed by atoms with Crippen molar-refractivity contribution in [1.82, 2.24) is 4.90 Å². The van der Waals surface area contributed by atoms with Gasteiger partial charge in [-0.25, -0.2) is 4.79 Å². The normalized spacial score (nSPS) is 33.0. The van der Waals surface area contributed by atoms with E-state index >= 15 is 0 Å². The number of likely N-dealkylation sites (tertiary alicyclic amines) is 1. The zero-order valence-electron chi connectivity index (χ0n) is 15.7. The first-order valence-corrected chi connectivity index (χ1v) is 9.80. The number of ether oxygens (including phenoxy) is 3. The number of rotatable bonds is 3. The Hall–Kier alpha value is -1.83. The molecule has 0 radical (unpaired) electrons. The molecule has 3 aliphatic heterocycles. The van der Waals surface area contributed by atoms with Crippen molar-refractivity contribution in [2.24, 2.45) is 11.8 Å². The minimum Gasteiger partial charge on any atom is -0.492 e. The van der Waals surface area contributed by atoms with E-state index in [1.807, 2.05) is 36.1 Å². The Bertz CT molecular complexity index is 684. The van der Waals surface area contributed by atoms with E-state index in [0.29, 0.717) is 57.4 Å². The van der Waals surface area contributed by atoms with Gasteiger partial charge in [-0.3, -0.25) is 0 Å². The van der Waals surface area contributed by atoms with Crippen LogP contribution in [0.25, 0.3) is 0 Å². The first-order valence-electron chi connectivity index (χ1n) is 9.80. The third-order valence-electron chi connectivity index (χ3n) is 6.14. The van der Waals surface area contributed by atoms with Gasteiger partial charge < -0.3 is 29.5 Å². The molecule has 0 aliphatic carbocycles. The molecular formula is C20H28N2O5. The molecule has 27 heavy (non-hydrogen) atoms. The summed E-state index contributed by atoms with van der Waals surface area (Å²) in [6, 6.07) is 7.26. The van der Waals surface area contributed by atoms with Crippen LogP contribution >= 0.6 is 0 Å². The van der Waals surface area contributed by atoms with Gasteiger partial charge in [0.1, 0.15) is 5.75 Å². The lowest BCUT2D eigenvalue weighted by Crippen LogP contribution is -2.69. The third kappa shape index (κ3) is 3.39. The maximum Gasteiger partial charge on any atom is 0.322 e. The highest BCUT2D eigenvalue weighted by Crippen LogP contribution is 2.44. The number of benzene rings is 1. The molecule has 2 amide bonds. The molecule has 3 aliphatic rings. The lowest BCUT2D eigenvalue weighted by molar-refractivity contribution is -0.211. The van der Waals surface area contributed by atoms with Gasteiger partial charge in [-0.05, 0) is 25.5 Å². The molecule has 2 N–H and O–H groups in total. The Morgan fingerprint density at radius 2 is 2.15 bits per heavy atom. The standard InChI is InChI=1S/C20H28N2O5/c1-2-27-18-6-4-3-5-16(18)21-19(23)22-11-14-12-26-10-8-20(14,24)15-13-25-9-7-17(15)22/h3-6,14-15,17,24H,2,7-13H2,1H3,(H,21,23)/t14-,15+,17-,20-/m0/s1. The van der Waals surface area contributed by atoms with Crippen molar-refractivity contribution in [3.8, 4) is 5.75 Å². The minimum atomic E-state index is -0.816. The molecule has 4 rings (SSSR count). The molecule has 3 fully saturated rings. The van der Waals surface area contributed by atoms with Gasteiger partial charge in [-0.2, -0.15) is 0 Å². The van der Waals surface area contributed by atoms with E-state index in [1.165, 1.54) is 0 Å². The van der Waals surface area contributed by atoms with E-state index in [4.69, 9.17) is 14.2 Å². The van der Waals surface area contributed by atoms with Crippen molar-refractivity contribution >= 4 is 11.7 Å². The van der Waals surface area contributed by atoms with Crippen LogP contribution in [0.5, 0.6) is 5.75 Å². The Morgan fingerprint density at radius 3 is 3.00 bits per heavy atom. The van der Waals surface area contributed by atoms with Crippen molar-refractivity contribution in [1.29, 1.82) is 0 Å². The maximum atomic E-state index is 13.2. The summed E-state index contributed by atoms with van der Waals surface area (Å²) in [7, 11) is 0. The Labute approximate surface area is 159 Å². The molecule has 3 saturated heterocycles. The molecule has 1 aromatic carbocycles. The minimum absolute atomic E-state index is 0.0302. The van der Waals surface area contributed by atoms with Crippen molar-refractivity contribution in [2.75, 3.05) is 44.9 Å². The van der Waals surface area contributed by atoms with Crippen molar-refractivity contribution < 1.29 is 24.1 Å². The Morgan fingerprint density at radius 1 is 1.33 bits per heavy atom. The van der Waals surface area contributed by atoms with Crippen LogP contribution in [0.15, 0.2) is 24.3 Å². The number of nitrogens with zero attached hydrogens (tertiary/aromatic N) is 1. The zero-order valence-corrected chi connectivity index (χ0v) is 15.7. The van der Waals surface area contributed by atoms with Gasteiger partial charge in [0.15, 0.2) is 0 Å². The van der Waals surface area contributed by atoms with Crippen LogP contribution in [-0.4, -0.2) is 67.3 Å². The van der Waals surface area contributed by atoms with Crippen LogP contribution < -0.4 is 10.1 Å². The monoisotopic (exact) mass is 376 g/mol. The van der Waals surface area contributed by atoms with Gasteiger partial charge >= 0.3 is 6.03 Å². The average molecular weight is 376 g/mol. The fraction of sp³-hybridized carbons (Fsp3) is 0.650. The van der Waals surface area contributed by atoms with Gasteiger partial charge in [0, 0.05) is 44.1 Å². The number of carbonyl (C=O) groups is 1. The summed E-state index contributed by atoms with van der Waals surface area (Å²) in [4.78, 5) is 15.0. The molecule has 0 aromatic heterocycles. The molecule has 148 valence electrons. The summed E-state index contributed by atoms with van der Waals surface area (Å²) in [6.07, 6.45) is 1.34. The summed E-state index contributed by atoms with van der Waals surface area (Å²) in [5, 5.41) is 14.4. The second kappa shape index (κ2) is 7.66. The predicted octanol–water partition coefficient (Wildman–Crippen LogP) is 2.11. The number of amides is 2. The van der Waals surface area contributed by atoms with Crippen LogP contribution in [0.3, 0.4) is 0 Å². The molecule has 0 spiro atoms. The summed E-state index contributed by atoms with van der Waals surface area (Å²) >= 11 is 0. The first-order chi connectivity index (χ1) is 13.1. The molecule has 7 nitrogen and oxygen atoms in total. The quantitative estimate of drug-likeness (QED) is 0.845. The number of aliphatic hydroxyl groups is 1. The highest BCUT2D eigenvalue weighted by Gasteiger charge is 2.56. The number of nitrogens with one attached hydrogen (secondary N) is 1. The molecule has 0 saturated carbocycles. The Kier molecular flexibility index (Phi) is 5.25. The van der Waals surface area contributed by atoms with Gasteiger partial charge in [-0.15, -0.1) is 0 Å². The van der Waals surface area contributed by atoms with Gasteiger partial charge in [-0.1, -0.05) is 12.1 Å². The van der Waals surface area contributed by atoms with Crippen LogP contribution in [-0.2, 0) is 9.47 Å². The molecular weight excluding hydrogens is 348 g/mol. The number of piperidine rings is 1. The summed E-state index contributed by atoms with van der Waals surface area (Å²) in [6.45, 7) is 5.06. The number of fused-ring (bicyclic) bond motifs is 3. The summed E-state index contributed by atoms with van der Waals surface area (Å²) < 4.78 is 16.9. The van der Waals surface area contributed by atoms with Gasteiger partial charge in [0.05, 0.1) is 31.1 Å². The van der Waals surface area contributed by atoms with E-state index in [1.54, 1.807) is 0 Å². The molecule has 0 bridgehead atoms. The molecule has 7 heteroatoms. The Balaban J connectivity index is 1.56. The second-order valence-electron chi connectivity index (χ2n) is 7.56. The molecule has 1 aromatic rings. The van der Waals surface area contributed by atoms with Crippen LogP contribution in [0.1, 0.15) is 19.8 Å². The van der Waals surface area contributed by atoms with E-state index in [2.05, 4.69) is 5.32 Å². The van der Waals surface area contributed by atoms with Crippen molar-refractivity contribution in [2.45, 2.75) is 31.4 Å². The number of para-hydroxylation sites is 2. The lowest BCUT2D eigenvalue weighted by Gasteiger charge is -2.56. The van der Waals surface area contributed by atoms with E-state index in [0.717, 1.165) is 6.42 Å². The van der Waals surface area contributed by atoms with E-state index < -0.39 is 5.60 Å². The number of hydrogen-bond donors (Lipinski definition) is 2. The molecule has 3 heterocycles. The predicted molar refractivity (Wildman–Crippen MR) is 99.9 cm³/mol. The molecule has 4 atom stereocenters. The smallest absolute Gasteiger partial charge is 0.322 e. The van der Waals surface area contributed by atoms with Crippen molar-refractivity contribution in [3.05, 3.63) is 24.3 Å². The van der Waals surface area contributed by atoms with Crippen LogP contribution in [0, 0.1) is 11.8 Å². The third-order valence-corrected chi connectivity index (χ3v) is 6.14. The first kappa shape index (κ1) is 18.5. The van der Waals surface area contributed by atoms with Crippen LogP contribution in [0.2, 0.25) is 0 Å². The summed E-state index contributed by atoms with van der Waals surface area (Å²) in [5.41, 5.74) is -0.155. The number of urea groups is 1. The zero-order chi connectivity index (χ0) is 18.9. The fourth-order valence-electron chi connectivity index (χ4n) is 4.73. The largest absolute Gasteiger partial charge is 0.492 e. The summed E-state index contributed by atoms with van der Waals surface area (Å²) in [5.74, 6) is 0.482. The van der Waals surface area contributed by atoms with Crippen molar-refractivity contribution in [3.63, 3.8) is 0 Å². The number of anilines is 1. The van der Waals surface area contributed by atoms with Crippen LogP contribution in [0.4, 0.5) is 10.5 Å². The average Bonchev–Trinajstić information content (AvgIpc) is 2.69. The van der Waals surface area contributed by atoms with E-state index in [-0.39, 0.29) is 23.9 Å². The number of carbonyl (C=O) groups excluding carboxylic acids is 1. The highest BCUT2D eigenvalue weighted by molar-refractivity contribution is 5.91. The SMILES string of the molecule is CCOc1ccccc1NC(=O)N1C[C@H]2COCC[C@@]2(O)[C@@H]2COCC[C@@H]21. The second-order valence-corrected chi connectivity index (χ2v) is 7.56.